The number of halogens is 5. The first-order valence-electron chi connectivity index (χ1n) is 5.62. The van der Waals surface area contributed by atoms with Crippen molar-refractivity contribution in [2.24, 2.45) is 11.3 Å². The largest absolute Gasteiger partial charge is 0.391 e. The van der Waals surface area contributed by atoms with E-state index in [1.165, 1.54) is 0 Å². The molecule has 96 valence electrons. The molecule has 0 aliphatic heterocycles. The van der Waals surface area contributed by atoms with Crippen molar-refractivity contribution in [1.29, 1.82) is 0 Å². The van der Waals surface area contributed by atoms with Crippen molar-refractivity contribution < 1.29 is 13.2 Å². The summed E-state index contributed by atoms with van der Waals surface area (Å²) < 4.78 is 38.2. The van der Waals surface area contributed by atoms with Crippen molar-refractivity contribution in [2.75, 3.05) is 10.7 Å². The lowest BCUT2D eigenvalue weighted by molar-refractivity contribution is -0.192. The number of hydrogen-bond donors (Lipinski definition) is 0. The van der Waals surface area contributed by atoms with E-state index in [1.807, 2.05) is 0 Å². The first-order chi connectivity index (χ1) is 7.43. The molecule has 1 aliphatic rings. The molecule has 1 atom stereocenters. The molecule has 0 saturated heterocycles. The quantitative estimate of drug-likeness (QED) is 0.593. The molecular weight excluding hydrogens is 349 g/mol. The predicted octanol–water partition coefficient (Wildman–Crippen LogP) is 5.30. The number of alkyl halides is 5. The van der Waals surface area contributed by atoms with Crippen LogP contribution in [0.15, 0.2) is 0 Å². The topological polar surface area (TPSA) is 0 Å². The Labute approximate surface area is 112 Å². The first kappa shape index (κ1) is 14.8. The van der Waals surface area contributed by atoms with Gasteiger partial charge in [-0.15, -0.1) is 0 Å². The van der Waals surface area contributed by atoms with Crippen molar-refractivity contribution in [3.05, 3.63) is 0 Å². The van der Waals surface area contributed by atoms with Crippen LogP contribution in [0.2, 0.25) is 0 Å². The van der Waals surface area contributed by atoms with Crippen LogP contribution in [-0.2, 0) is 0 Å². The molecule has 0 radical (unpaired) electrons. The summed E-state index contributed by atoms with van der Waals surface area (Å²) in [7, 11) is 0. The zero-order valence-corrected chi connectivity index (χ0v) is 12.3. The van der Waals surface area contributed by atoms with E-state index in [0.29, 0.717) is 19.3 Å². The second-order valence-electron chi connectivity index (χ2n) is 4.71. The molecule has 0 heterocycles. The molecule has 0 spiro atoms. The molecule has 0 amide bonds. The smallest absolute Gasteiger partial charge is 0.171 e. The predicted molar refractivity (Wildman–Crippen MR) is 67.3 cm³/mol. The maximum Gasteiger partial charge on any atom is 0.391 e. The van der Waals surface area contributed by atoms with Crippen LogP contribution < -0.4 is 0 Å². The normalized spacial score (nSPS) is 25.7. The highest BCUT2D eigenvalue weighted by molar-refractivity contribution is 9.09. The van der Waals surface area contributed by atoms with Crippen molar-refractivity contribution >= 4 is 31.9 Å². The Kier molecular flexibility index (Phi) is 5.62. The average Bonchev–Trinajstić information content (AvgIpc) is 2.17. The van der Waals surface area contributed by atoms with E-state index >= 15 is 0 Å². The van der Waals surface area contributed by atoms with E-state index < -0.39 is 12.1 Å². The average molecular weight is 366 g/mol. The fraction of sp³-hybridized carbons (Fsp3) is 1.00. The zero-order valence-electron chi connectivity index (χ0n) is 9.12. The van der Waals surface area contributed by atoms with Crippen molar-refractivity contribution in [3.63, 3.8) is 0 Å². The summed E-state index contributed by atoms with van der Waals surface area (Å²) in [6, 6.07) is 0. The van der Waals surface area contributed by atoms with Gasteiger partial charge in [-0.05, 0) is 37.5 Å². The molecule has 0 N–H and O–H groups in total. The van der Waals surface area contributed by atoms with Crippen LogP contribution in [0.25, 0.3) is 0 Å². The molecule has 1 rings (SSSR count). The van der Waals surface area contributed by atoms with Crippen LogP contribution >= 0.6 is 31.9 Å². The summed E-state index contributed by atoms with van der Waals surface area (Å²) in [4.78, 5) is 0. The number of rotatable bonds is 4. The van der Waals surface area contributed by atoms with Crippen LogP contribution in [0.4, 0.5) is 13.2 Å². The first-order valence-corrected chi connectivity index (χ1v) is 7.86. The van der Waals surface area contributed by atoms with Gasteiger partial charge >= 0.3 is 6.18 Å². The minimum absolute atomic E-state index is 0.106. The van der Waals surface area contributed by atoms with Gasteiger partial charge in [0.25, 0.3) is 0 Å². The van der Waals surface area contributed by atoms with E-state index in [-0.39, 0.29) is 5.41 Å². The van der Waals surface area contributed by atoms with E-state index in [0.717, 1.165) is 29.9 Å². The van der Waals surface area contributed by atoms with Crippen molar-refractivity contribution in [3.8, 4) is 0 Å². The molecule has 16 heavy (non-hydrogen) atoms. The molecule has 1 saturated carbocycles. The summed E-state index contributed by atoms with van der Waals surface area (Å²) in [6.45, 7) is 0. The monoisotopic (exact) mass is 364 g/mol. The summed E-state index contributed by atoms with van der Waals surface area (Å²) >= 11 is 6.73. The summed E-state index contributed by atoms with van der Waals surface area (Å²) in [5, 5.41) is 1.59. The van der Waals surface area contributed by atoms with Gasteiger partial charge in [0.05, 0.1) is 5.92 Å². The highest BCUT2D eigenvalue weighted by Crippen LogP contribution is 2.49. The van der Waals surface area contributed by atoms with Gasteiger partial charge in [-0.2, -0.15) is 13.2 Å². The lowest BCUT2D eigenvalue weighted by Crippen LogP contribution is -2.36. The zero-order chi connectivity index (χ0) is 12.2. The van der Waals surface area contributed by atoms with Gasteiger partial charge < -0.3 is 0 Å². The van der Waals surface area contributed by atoms with Gasteiger partial charge in [0, 0.05) is 10.7 Å². The molecular formula is C11H17Br2F3. The van der Waals surface area contributed by atoms with E-state index in [4.69, 9.17) is 0 Å². The Morgan fingerprint density at radius 2 is 1.69 bits per heavy atom. The summed E-state index contributed by atoms with van der Waals surface area (Å²) in [5.41, 5.74) is -0.106. The Morgan fingerprint density at radius 1 is 1.12 bits per heavy atom. The van der Waals surface area contributed by atoms with Gasteiger partial charge in [0.15, 0.2) is 0 Å². The summed E-state index contributed by atoms with van der Waals surface area (Å²) in [6.07, 6.45) is -0.0227. The van der Waals surface area contributed by atoms with Crippen LogP contribution in [-0.4, -0.2) is 16.8 Å². The van der Waals surface area contributed by atoms with E-state index in [9.17, 15) is 13.2 Å². The van der Waals surface area contributed by atoms with Crippen LogP contribution in [0.1, 0.15) is 38.5 Å². The molecule has 0 aromatic carbocycles. The third-order valence-corrected chi connectivity index (χ3v) is 4.44. The van der Waals surface area contributed by atoms with Crippen LogP contribution in [0, 0.1) is 11.3 Å². The lowest BCUT2D eigenvalue weighted by atomic mass is 9.66. The number of hydrogen-bond acceptors (Lipinski definition) is 0. The Hall–Kier alpha value is 0.750. The maximum absolute atomic E-state index is 12.7. The molecule has 0 aromatic rings. The third-order valence-electron chi connectivity index (χ3n) is 3.65. The Balaban J connectivity index is 2.70. The molecule has 5 heteroatoms. The van der Waals surface area contributed by atoms with Gasteiger partial charge in [0.1, 0.15) is 0 Å². The Bertz CT molecular complexity index is 204. The fourth-order valence-electron chi connectivity index (χ4n) is 2.71. The van der Waals surface area contributed by atoms with Crippen LogP contribution in [0.3, 0.4) is 0 Å². The van der Waals surface area contributed by atoms with Crippen molar-refractivity contribution in [2.45, 2.75) is 44.7 Å². The molecule has 0 nitrogen and oxygen atoms in total. The minimum Gasteiger partial charge on any atom is -0.171 e. The fourth-order valence-corrected chi connectivity index (χ4v) is 4.39. The highest BCUT2D eigenvalue weighted by atomic mass is 79.9. The van der Waals surface area contributed by atoms with E-state index in [1.54, 1.807) is 0 Å². The molecule has 1 unspecified atom stereocenters. The standard InChI is InChI=1S/C11H17Br2F3/c12-6-4-10(5-7-13)3-1-2-9(8-10)11(14,15)16/h9H,1-8H2. The molecule has 1 aliphatic carbocycles. The van der Waals surface area contributed by atoms with Gasteiger partial charge in [-0.25, -0.2) is 0 Å². The van der Waals surface area contributed by atoms with E-state index in [2.05, 4.69) is 31.9 Å². The Morgan fingerprint density at radius 3 is 2.12 bits per heavy atom. The van der Waals surface area contributed by atoms with Gasteiger partial charge in [-0.3, -0.25) is 0 Å². The molecule has 0 aromatic heterocycles. The SMILES string of the molecule is FC(F)(F)C1CCCC(CCBr)(CCBr)C1. The highest BCUT2D eigenvalue weighted by Gasteiger charge is 2.46. The van der Waals surface area contributed by atoms with Crippen molar-refractivity contribution in [1.82, 2.24) is 0 Å². The lowest BCUT2D eigenvalue weighted by Gasteiger charge is -2.41. The third kappa shape index (κ3) is 3.90. The second kappa shape index (κ2) is 6.07. The maximum atomic E-state index is 12.7. The van der Waals surface area contributed by atoms with Crippen LogP contribution in [0.5, 0.6) is 0 Å². The van der Waals surface area contributed by atoms with Gasteiger partial charge in [-0.1, -0.05) is 38.3 Å². The molecule has 1 fully saturated rings. The minimum atomic E-state index is -4.01. The summed E-state index contributed by atoms with van der Waals surface area (Å²) in [5.74, 6) is -1.08. The van der Waals surface area contributed by atoms with Gasteiger partial charge in [0.2, 0.25) is 0 Å². The molecule has 0 bridgehead atoms. The second-order valence-corrected chi connectivity index (χ2v) is 6.30.